The summed E-state index contributed by atoms with van der Waals surface area (Å²) in [6.07, 6.45) is 4.59. The van der Waals surface area contributed by atoms with Crippen LogP contribution in [0.25, 0.3) is 10.6 Å². The predicted molar refractivity (Wildman–Crippen MR) is 84.1 cm³/mol. The van der Waals surface area contributed by atoms with E-state index in [4.69, 9.17) is 4.52 Å². The van der Waals surface area contributed by atoms with Crippen LogP contribution in [0, 0.1) is 5.92 Å². The Kier molecular flexibility index (Phi) is 4.73. The zero-order valence-corrected chi connectivity index (χ0v) is 13.2. The number of aromatic nitrogens is 1. The van der Waals surface area contributed by atoms with Gasteiger partial charge in [0.25, 0.3) is 0 Å². The Morgan fingerprint density at radius 1 is 1.38 bits per heavy atom. The molecule has 2 aromatic rings. The summed E-state index contributed by atoms with van der Waals surface area (Å²) < 4.78 is 5.43. The van der Waals surface area contributed by atoms with Gasteiger partial charge in [0.1, 0.15) is 0 Å². The van der Waals surface area contributed by atoms with Crippen LogP contribution >= 0.6 is 11.3 Å². The van der Waals surface area contributed by atoms with Gasteiger partial charge in [0.15, 0.2) is 5.76 Å². The molecule has 0 unspecified atom stereocenters. The maximum absolute atomic E-state index is 9.21. The van der Waals surface area contributed by atoms with Crippen molar-refractivity contribution in [2.45, 2.75) is 38.3 Å². The highest BCUT2D eigenvalue weighted by Crippen LogP contribution is 2.29. The molecule has 0 aliphatic heterocycles. The van der Waals surface area contributed by atoms with Gasteiger partial charge in [0, 0.05) is 25.3 Å². The second-order valence-corrected chi connectivity index (χ2v) is 6.88. The summed E-state index contributed by atoms with van der Waals surface area (Å²) >= 11 is 1.67. The SMILES string of the molecule is CN(Cc1cc(-c2cccs2)on1)C1CCC(CO)CC1. The summed E-state index contributed by atoms with van der Waals surface area (Å²) in [7, 11) is 2.16. The Labute approximate surface area is 129 Å². The molecule has 2 heterocycles. The van der Waals surface area contributed by atoms with E-state index in [1.165, 1.54) is 0 Å². The summed E-state index contributed by atoms with van der Waals surface area (Å²) in [6.45, 7) is 1.16. The molecule has 0 aromatic carbocycles. The van der Waals surface area contributed by atoms with Crippen molar-refractivity contribution in [3.63, 3.8) is 0 Å². The second kappa shape index (κ2) is 6.73. The van der Waals surface area contributed by atoms with E-state index in [1.54, 1.807) is 11.3 Å². The number of aliphatic hydroxyl groups excluding tert-OH is 1. The molecule has 0 amide bonds. The van der Waals surface area contributed by atoms with Crippen LogP contribution in [0.1, 0.15) is 31.4 Å². The third kappa shape index (κ3) is 3.54. The molecule has 5 heteroatoms. The fourth-order valence-corrected chi connectivity index (χ4v) is 3.75. The minimum absolute atomic E-state index is 0.337. The van der Waals surface area contributed by atoms with Gasteiger partial charge in [-0.25, -0.2) is 0 Å². The van der Waals surface area contributed by atoms with Crippen molar-refractivity contribution in [3.05, 3.63) is 29.3 Å². The molecule has 0 atom stereocenters. The highest BCUT2D eigenvalue weighted by molar-refractivity contribution is 7.13. The van der Waals surface area contributed by atoms with E-state index in [2.05, 4.69) is 23.2 Å². The van der Waals surface area contributed by atoms with Crippen molar-refractivity contribution < 1.29 is 9.63 Å². The van der Waals surface area contributed by atoms with Crippen molar-refractivity contribution >= 4 is 11.3 Å². The summed E-state index contributed by atoms with van der Waals surface area (Å²) in [5.41, 5.74) is 0.991. The van der Waals surface area contributed by atoms with Crippen LogP contribution in [0.15, 0.2) is 28.1 Å². The molecule has 1 N–H and O–H groups in total. The van der Waals surface area contributed by atoms with Gasteiger partial charge in [-0.2, -0.15) is 0 Å². The van der Waals surface area contributed by atoms with Crippen LogP contribution in [-0.2, 0) is 6.54 Å². The van der Waals surface area contributed by atoms with E-state index in [0.29, 0.717) is 18.6 Å². The van der Waals surface area contributed by atoms with Crippen LogP contribution in [-0.4, -0.2) is 34.9 Å². The van der Waals surface area contributed by atoms with Crippen LogP contribution in [0.5, 0.6) is 0 Å². The van der Waals surface area contributed by atoms with Crippen molar-refractivity contribution in [1.29, 1.82) is 0 Å². The van der Waals surface area contributed by atoms with E-state index in [9.17, 15) is 5.11 Å². The standard InChI is InChI=1S/C16H22N2O2S/c1-18(14-6-4-12(11-19)5-7-14)10-13-9-15(20-17-13)16-3-2-8-21-16/h2-3,8-9,12,14,19H,4-7,10-11H2,1H3. The van der Waals surface area contributed by atoms with Crippen LogP contribution < -0.4 is 0 Å². The molecule has 1 aliphatic rings. The summed E-state index contributed by atoms with van der Waals surface area (Å²) in [5.74, 6) is 1.37. The van der Waals surface area contributed by atoms with Crippen molar-refractivity contribution in [2.75, 3.05) is 13.7 Å². The largest absolute Gasteiger partial charge is 0.396 e. The second-order valence-electron chi connectivity index (χ2n) is 5.93. The Hall–Kier alpha value is -1.17. The van der Waals surface area contributed by atoms with Gasteiger partial charge in [-0.1, -0.05) is 11.2 Å². The maximum atomic E-state index is 9.21. The highest BCUT2D eigenvalue weighted by atomic mass is 32.1. The van der Waals surface area contributed by atoms with Crippen molar-refractivity contribution in [3.8, 4) is 10.6 Å². The van der Waals surface area contributed by atoms with E-state index in [0.717, 1.165) is 48.6 Å². The van der Waals surface area contributed by atoms with Gasteiger partial charge in [0.05, 0.1) is 10.6 Å². The Balaban J connectivity index is 1.57. The summed E-state index contributed by atoms with van der Waals surface area (Å²) in [4.78, 5) is 3.49. The molecular weight excluding hydrogens is 284 g/mol. The lowest BCUT2D eigenvalue weighted by Gasteiger charge is -2.33. The average Bonchev–Trinajstić information content (AvgIpc) is 3.18. The van der Waals surface area contributed by atoms with Crippen LogP contribution in [0.2, 0.25) is 0 Å². The van der Waals surface area contributed by atoms with Gasteiger partial charge < -0.3 is 9.63 Å². The maximum Gasteiger partial charge on any atom is 0.177 e. The van der Waals surface area contributed by atoms with E-state index in [-0.39, 0.29) is 0 Å². The quantitative estimate of drug-likeness (QED) is 0.920. The molecule has 1 fully saturated rings. The zero-order chi connectivity index (χ0) is 14.7. The average molecular weight is 306 g/mol. The third-order valence-electron chi connectivity index (χ3n) is 4.43. The Bertz CT molecular complexity index is 544. The fraction of sp³-hybridized carbons (Fsp3) is 0.562. The number of nitrogens with zero attached hydrogens (tertiary/aromatic N) is 2. The summed E-state index contributed by atoms with van der Waals surface area (Å²) in [6, 6.07) is 6.71. The number of thiophene rings is 1. The first kappa shape index (κ1) is 14.8. The van der Waals surface area contributed by atoms with E-state index < -0.39 is 0 Å². The molecule has 0 radical (unpaired) electrons. The van der Waals surface area contributed by atoms with Crippen LogP contribution in [0.3, 0.4) is 0 Å². The molecule has 0 bridgehead atoms. The molecule has 0 spiro atoms. The van der Waals surface area contributed by atoms with Crippen molar-refractivity contribution in [2.24, 2.45) is 5.92 Å². The predicted octanol–water partition coefficient (Wildman–Crippen LogP) is 3.39. The van der Waals surface area contributed by atoms with E-state index in [1.807, 2.05) is 17.5 Å². The first-order chi connectivity index (χ1) is 10.3. The molecule has 1 aliphatic carbocycles. The van der Waals surface area contributed by atoms with Gasteiger partial charge in [0.2, 0.25) is 0 Å². The Morgan fingerprint density at radius 2 is 2.19 bits per heavy atom. The fourth-order valence-electron chi connectivity index (χ4n) is 3.07. The summed E-state index contributed by atoms with van der Waals surface area (Å²) in [5, 5.41) is 15.4. The number of rotatable bonds is 5. The smallest absolute Gasteiger partial charge is 0.177 e. The minimum atomic E-state index is 0.337. The lowest BCUT2D eigenvalue weighted by Crippen LogP contribution is -2.35. The zero-order valence-electron chi connectivity index (χ0n) is 12.4. The molecule has 21 heavy (non-hydrogen) atoms. The molecular formula is C16H22N2O2S. The number of hydrogen-bond acceptors (Lipinski definition) is 5. The molecule has 4 nitrogen and oxygen atoms in total. The first-order valence-corrected chi connectivity index (χ1v) is 8.45. The lowest BCUT2D eigenvalue weighted by atomic mass is 9.86. The molecule has 3 rings (SSSR count). The van der Waals surface area contributed by atoms with Crippen molar-refractivity contribution in [1.82, 2.24) is 10.1 Å². The first-order valence-electron chi connectivity index (χ1n) is 7.57. The molecule has 114 valence electrons. The molecule has 0 saturated heterocycles. The normalized spacial score (nSPS) is 22.8. The topological polar surface area (TPSA) is 49.5 Å². The van der Waals surface area contributed by atoms with Gasteiger partial charge in [-0.15, -0.1) is 11.3 Å². The van der Waals surface area contributed by atoms with Gasteiger partial charge in [-0.3, -0.25) is 4.90 Å². The number of hydrogen-bond donors (Lipinski definition) is 1. The number of aliphatic hydroxyl groups is 1. The highest BCUT2D eigenvalue weighted by Gasteiger charge is 2.24. The Morgan fingerprint density at radius 3 is 2.86 bits per heavy atom. The minimum Gasteiger partial charge on any atom is -0.396 e. The molecule has 2 aromatic heterocycles. The van der Waals surface area contributed by atoms with Crippen LogP contribution in [0.4, 0.5) is 0 Å². The lowest BCUT2D eigenvalue weighted by molar-refractivity contribution is 0.122. The monoisotopic (exact) mass is 306 g/mol. The van der Waals surface area contributed by atoms with E-state index >= 15 is 0 Å². The molecule has 1 saturated carbocycles. The van der Waals surface area contributed by atoms with Gasteiger partial charge >= 0.3 is 0 Å². The van der Waals surface area contributed by atoms with Gasteiger partial charge in [-0.05, 0) is 50.1 Å². The third-order valence-corrected chi connectivity index (χ3v) is 5.32.